The lowest BCUT2D eigenvalue weighted by Crippen LogP contribution is -2.47. The number of nitrogens with zero attached hydrogens (tertiary/aromatic N) is 1. The summed E-state index contributed by atoms with van der Waals surface area (Å²) in [4.78, 5) is 37.0. The van der Waals surface area contributed by atoms with E-state index in [0.29, 0.717) is 25.9 Å². The third-order valence-corrected chi connectivity index (χ3v) is 5.11. The number of likely N-dealkylation sites (tertiary alicyclic amines) is 1. The third kappa shape index (κ3) is 4.59. The van der Waals surface area contributed by atoms with Crippen LogP contribution in [0.3, 0.4) is 0 Å². The fraction of sp³-hybridized carbons (Fsp3) is 0.526. The first-order valence-corrected chi connectivity index (χ1v) is 8.89. The zero-order valence-corrected chi connectivity index (χ0v) is 14.2. The Balaban J connectivity index is 1.37. The summed E-state index contributed by atoms with van der Waals surface area (Å²) in [5.41, 5.74) is 1.16. The normalized spacial score (nSPS) is 23.1. The minimum Gasteiger partial charge on any atom is -0.481 e. The molecule has 2 atom stereocenters. The van der Waals surface area contributed by atoms with Crippen molar-refractivity contribution >= 4 is 17.8 Å². The second kappa shape index (κ2) is 7.68. The summed E-state index contributed by atoms with van der Waals surface area (Å²) < 4.78 is 0. The number of carboxylic acid groups (broad SMARTS) is 1. The van der Waals surface area contributed by atoms with Crippen LogP contribution in [0.1, 0.15) is 31.2 Å². The van der Waals surface area contributed by atoms with E-state index in [1.807, 2.05) is 35.2 Å². The Hall–Kier alpha value is -2.37. The summed E-state index contributed by atoms with van der Waals surface area (Å²) in [6.45, 7) is 1.29. The molecule has 25 heavy (non-hydrogen) atoms. The number of amides is 2. The van der Waals surface area contributed by atoms with Crippen LogP contribution in [0.5, 0.6) is 0 Å². The molecular formula is C19H24N2O4. The van der Waals surface area contributed by atoms with E-state index in [-0.39, 0.29) is 23.8 Å². The van der Waals surface area contributed by atoms with Crippen molar-refractivity contribution in [1.29, 1.82) is 0 Å². The fourth-order valence-corrected chi connectivity index (χ4v) is 3.39. The molecule has 1 aliphatic heterocycles. The average Bonchev–Trinajstić information content (AvgIpc) is 3.42. The van der Waals surface area contributed by atoms with E-state index in [1.54, 1.807) is 0 Å². The largest absolute Gasteiger partial charge is 0.481 e. The minimum atomic E-state index is -0.890. The molecule has 0 bridgehead atoms. The molecule has 134 valence electrons. The van der Waals surface area contributed by atoms with E-state index in [9.17, 15) is 14.4 Å². The monoisotopic (exact) mass is 344 g/mol. The van der Waals surface area contributed by atoms with Crippen molar-refractivity contribution in [2.75, 3.05) is 13.1 Å². The number of carbonyl (C=O) groups excluding carboxylic acids is 2. The molecular weight excluding hydrogens is 320 g/mol. The summed E-state index contributed by atoms with van der Waals surface area (Å²) in [6, 6.07) is 10.0. The lowest BCUT2D eigenvalue weighted by Gasteiger charge is -2.32. The maximum atomic E-state index is 12.3. The summed E-state index contributed by atoms with van der Waals surface area (Å²) in [6.07, 6.45) is 3.15. The predicted octanol–water partition coefficient (Wildman–Crippen LogP) is 1.45. The van der Waals surface area contributed by atoms with Gasteiger partial charge in [-0.3, -0.25) is 14.4 Å². The Labute approximate surface area is 147 Å². The van der Waals surface area contributed by atoms with Crippen LogP contribution in [0.4, 0.5) is 0 Å². The molecule has 2 fully saturated rings. The Morgan fingerprint density at radius 2 is 1.76 bits per heavy atom. The molecule has 1 aliphatic carbocycles. The molecule has 3 rings (SSSR count). The zero-order valence-electron chi connectivity index (χ0n) is 14.2. The predicted molar refractivity (Wildman–Crippen MR) is 91.7 cm³/mol. The highest BCUT2D eigenvalue weighted by Gasteiger charge is 2.48. The standard InChI is InChI=1S/C19H24N2O4/c22-17(7-6-13-4-2-1-3-5-13)21-10-8-14(9-11-21)20-18(23)15-12-16(15)19(24)25/h1-5,14-16H,6-12H2,(H,20,23)(H,24,25). The topological polar surface area (TPSA) is 86.7 Å². The van der Waals surface area contributed by atoms with Crippen molar-refractivity contribution in [1.82, 2.24) is 10.2 Å². The number of carboxylic acids is 1. The van der Waals surface area contributed by atoms with Gasteiger partial charge >= 0.3 is 5.97 Å². The Kier molecular flexibility index (Phi) is 5.36. The van der Waals surface area contributed by atoms with Gasteiger partial charge in [-0.1, -0.05) is 30.3 Å². The van der Waals surface area contributed by atoms with Crippen LogP contribution < -0.4 is 5.32 Å². The molecule has 0 aromatic heterocycles. The smallest absolute Gasteiger partial charge is 0.307 e. The lowest BCUT2D eigenvalue weighted by molar-refractivity contribution is -0.140. The number of nitrogens with one attached hydrogen (secondary N) is 1. The fourth-order valence-electron chi connectivity index (χ4n) is 3.39. The number of piperidine rings is 1. The molecule has 2 aliphatic rings. The van der Waals surface area contributed by atoms with Crippen molar-refractivity contribution in [3.8, 4) is 0 Å². The number of rotatable bonds is 6. The first-order chi connectivity index (χ1) is 12.0. The van der Waals surface area contributed by atoms with Gasteiger partial charge in [0, 0.05) is 25.6 Å². The van der Waals surface area contributed by atoms with Crippen molar-refractivity contribution in [2.45, 2.75) is 38.1 Å². The Morgan fingerprint density at radius 3 is 2.36 bits per heavy atom. The van der Waals surface area contributed by atoms with Crippen LogP contribution in [0, 0.1) is 11.8 Å². The highest BCUT2D eigenvalue weighted by Crippen LogP contribution is 2.38. The molecule has 6 nitrogen and oxygen atoms in total. The van der Waals surface area contributed by atoms with Gasteiger partial charge < -0.3 is 15.3 Å². The summed E-state index contributed by atoms with van der Waals surface area (Å²) in [5.74, 6) is -1.77. The second-order valence-electron chi connectivity index (χ2n) is 6.94. The van der Waals surface area contributed by atoms with Crippen molar-refractivity contribution in [3.05, 3.63) is 35.9 Å². The van der Waals surface area contributed by atoms with Crippen molar-refractivity contribution < 1.29 is 19.5 Å². The molecule has 1 saturated carbocycles. The van der Waals surface area contributed by atoms with Crippen LogP contribution >= 0.6 is 0 Å². The number of hydrogen-bond acceptors (Lipinski definition) is 3. The van der Waals surface area contributed by atoms with Gasteiger partial charge in [0.15, 0.2) is 0 Å². The molecule has 1 heterocycles. The van der Waals surface area contributed by atoms with E-state index in [0.717, 1.165) is 24.8 Å². The average molecular weight is 344 g/mol. The van der Waals surface area contributed by atoms with E-state index >= 15 is 0 Å². The van der Waals surface area contributed by atoms with Crippen LogP contribution in [0.2, 0.25) is 0 Å². The van der Waals surface area contributed by atoms with E-state index in [1.165, 1.54) is 0 Å². The second-order valence-corrected chi connectivity index (χ2v) is 6.94. The minimum absolute atomic E-state index is 0.0423. The summed E-state index contributed by atoms with van der Waals surface area (Å²) >= 11 is 0. The number of aliphatic carboxylic acids is 1. The lowest BCUT2D eigenvalue weighted by atomic mass is 10.0. The van der Waals surface area contributed by atoms with Gasteiger partial charge in [0.25, 0.3) is 0 Å². The van der Waals surface area contributed by atoms with Crippen LogP contribution in [0.25, 0.3) is 0 Å². The van der Waals surface area contributed by atoms with Gasteiger partial charge in [-0.15, -0.1) is 0 Å². The van der Waals surface area contributed by atoms with Crippen molar-refractivity contribution in [3.63, 3.8) is 0 Å². The molecule has 1 saturated heterocycles. The number of benzene rings is 1. The summed E-state index contributed by atoms with van der Waals surface area (Å²) in [5, 5.41) is 11.8. The first-order valence-electron chi connectivity index (χ1n) is 8.89. The van der Waals surface area contributed by atoms with Gasteiger partial charge in [-0.25, -0.2) is 0 Å². The van der Waals surface area contributed by atoms with Gasteiger partial charge in [0.2, 0.25) is 11.8 Å². The maximum absolute atomic E-state index is 12.3. The molecule has 2 N–H and O–H groups in total. The number of carbonyl (C=O) groups is 3. The van der Waals surface area contributed by atoms with Crippen LogP contribution in [0.15, 0.2) is 30.3 Å². The molecule has 2 unspecified atom stereocenters. The van der Waals surface area contributed by atoms with E-state index in [2.05, 4.69) is 5.32 Å². The molecule has 0 radical (unpaired) electrons. The van der Waals surface area contributed by atoms with E-state index in [4.69, 9.17) is 5.11 Å². The Bertz CT molecular complexity index is 638. The highest BCUT2D eigenvalue weighted by molar-refractivity contribution is 5.89. The number of hydrogen-bond donors (Lipinski definition) is 2. The highest BCUT2D eigenvalue weighted by atomic mass is 16.4. The zero-order chi connectivity index (χ0) is 17.8. The molecule has 2 amide bonds. The van der Waals surface area contributed by atoms with Gasteiger partial charge in [0.1, 0.15) is 0 Å². The Morgan fingerprint density at radius 1 is 1.08 bits per heavy atom. The van der Waals surface area contributed by atoms with Gasteiger partial charge in [-0.05, 0) is 31.2 Å². The molecule has 1 aromatic rings. The summed E-state index contributed by atoms with van der Waals surface area (Å²) in [7, 11) is 0. The van der Waals surface area contributed by atoms with Crippen LogP contribution in [-0.2, 0) is 20.8 Å². The van der Waals surface area contributed by atoms with Crippen molar-refractivity contribution in [2.24, 2.45) is 11.8 Å². The van der Waals surface area contributed by atoms with Gasteiger partial charge in [0.05, 0.1) is 11.8 Å². The third-order valence-electron chi connectivity index (χ3n) is 5.11. The molecule has 1 aromatic carbocycles. The molecule has 0 spiro atoms. The van der Waals surface area contributed by atoms with Crippen LogP contribution in [-0.4, -0.2) is 46.9 Å². The van der Waals surface area contributed by atoms with Gasteiger partial charge in [-0.2, -0.15) is 0 Å². The van der Waals surface area contributed by atoms with E-state index < -0.39 is 11.9 Å². The quantitative estimate of drug-likeness (QED) is 0.818. The number of aryl methyl sites for hydroxylation is 1. The molecule has 6 heteroatoms. The first kappa shape index (κ1) is 17.5. The SMILES string of the molecule is O=C(O)C1CC1C(=O)NC1CCN(C(=O)CCc2ccccc2)CC1. The maximum Gasteiger partial charge on any atom is 0.307 e.